The lowest BCUT2D eigenvalue weighted by molar-refractivity contribution is -0.114. The van der Waals surface area contributed by atoms with Gasteiger partial charge in [-0.25, -0.2) is 0 Å². The summed E-state index contributed by atoms with van der Waals surface area (Å²) in [6, 6.07) is 7.27. The highest BCUT2D eigenvalue weighted by molar-refractivity contribution is 7.16. The summed E-state index contributed by atoms with van der Waals surface area (Å²) in [5.41, 5.74) is 2.06. The molecule has 0 bridgehead atoms. The van der Waals surface area contributed by atoms with Crippen molar-refractivity contribution in [1.82, 2.24) is 14.3 Å². The van der Waals surface area contributed by atoms with Gasteiger partial charge in [-0.2, -0.15) is 10.1 Å². The van der Waals surface area contributed by atoms with Gasteiger partial charge in [-0.05, 0) is 31.2 Å². The van der Waals surface area contributed by atoms with Crippen molar-refractivity contribution >= 4 is 39.1 Å². The molecule has 0 aliphatic rings. The Bertz CT molecular complexity index is 1050. The Kier molecular flexibility index (Phi) is 5.82. The molecular weight excluding hydrogens is 366 g/mol. The first kappa shape index (κ1) is 19.0. The van der Waals surface area contributed by atoms with E-state index in [0.29, 0.717) is 35.9 Å². The zero-order chi connectivity index (χ0) is 19.4. The van der Waals surface area contributed by atoms with Crippen molar-refractivity contribution in [3.8, 4) is 0 Å². The van der Waals surface area contributed by atoms with Gasteiger partial charge in [0.15, 0.2) is 4.80 Å². The van der Waals surface area contributed by atoms with Crippen LogP contribution in [0.4, 0.5) is 5.69 Å². The van der Waals surface area contributed by atoms with Crippen LogP contribution in [-0.2, 0) is 23.1 Å². The number of amides is 2. The van der Waals surface area contributed by atoms with E-state index in [9.17, 15) is 9.59 Å². The Labute approximate surface area is 160 Å². The van der Waals surface area contributed by atoms with Gasteiger partial charge in [-0.3, -0.25) is 14.3 Å². The first-order valence-corrected chi connectivity index (χ1v) is 9.37. The predicted octanol–water partition coefficient (Wildman–Crippen LogP) is 2.17. The van der Waals surface area contributed by atoms with E-state index in [0.717, 1.165) is 10.2 Å². The van der Waals surface area contributed by atoms with Crippen molar-refractivity contribution in [2.45, 2.75) is 20.4 Å². The number of rotatable bonds is 6. The maximum absolute atomic E-state index is 12.5. The van der Waals surface area contributed by atoms with Crippen molar-refractivity contribution in [2.24, 2.45) is 12.0 Å². The minimum Gasteiger partial charge on any atom is -0.380 e. The molecule has 0 radical (unpaired) electrons. The van der Waals surface area contributed by atoms with Crippen LogP contribution < -0.4 is 10.1 Å². The van der Waals surface area contributed by atoms with Crippen LogP contribution in [0.3, 0.4) is 0 Å². The number of thiazole rings is 1. The molecule has 1 aromatic carbocycles. The maximum atomic E-state index is 12.5. The van der Waals surface area contributed by atoms with Gasteiger partial charge >= 0.3 is 0 Å². The summed E-state index contributed by atoms with van der Waals surface area (Å²) in [5, 5.41) is 6.79. The van der Waals surface area contributed by atoms with Crippen molar-refractivity contribution < 1.29 is 14.3 Å². The highest BCUT2D eigenvalue weighted by Crippen LogP contribution is 2.22. The normalized spacial score (nSPS) is 11.9. The lowest BCUT2D eigenvalue weighted by atomic mass is 10.3. The number of hydrogen-bond donors (Lipinski definition) is 1. The van der Waals surface area contributed by atoms with Crippen molar-refractivity contribution in [3.05, 3.63) is 41.0 Å². The van der Waals surface area contributed by atoms with E-state index in [1.54, 1.807) is 19.3 Å². The second-order valence-corrected chi connectivity index (χ2v) is 6.86. The van der Waals surface area contributed by atoms with Gasteiger partial charge < -0.3 is 14.6 Å². The van der Waals surface area contributed by atoms with E-state index in [1.807, 2.05) is 29.7 Å². The first-order valence-electron chi connectivity index (χ1n) is 8.55. The van der Waals surface area contributed by atoms with Gasteiger partial charge in [0.2, 0.25) is 5.91 Å². The lowest BCUT2D eigenvalue weighted by Gasteiger charge is -2.06. The average Bonchev–Trinajstić information content (AvgIpc) is 3.18. The fourth-order valence-electron chi connectivity index (χ4n) is 2.68. The van der Waals surface area contributed by atoms with Crippen molar-refractivity contribution in [1.29, 1.82) is 0 Å². The molecule has 142 valence electrons. The highest BCUT2D eigenvalue weighted by Gasteiger charge is 2.12. The number of nitrogens with one attached hydrogen (secondary N) is 1. The molecular formula is C18H21N5O3S. The number of aryl methyl sites for hydroxylation is 1. The zero-order valence-electron chi connectivity index (χ0n) is 15.4. The quantitative estimate of drug-likeness (QED) is 0.657. The molecule has 0 unspecified atom stereocenters. The van der Waals surface area contributed by atoms with Crippen LogP contribution in [0.15, 0.2) is 35.5 Å². The van der Waals surface area contributed by atoms with Crippen LogP contribution >= 0.6 is 11.3 Å². The number of carbonyl (C=O) groups excluding carboxylic acids is 2. The summed E-state index contributed by atoms with van der Waals surface area (Å²) in [6.07, 6.45) is 1.57. The first-order chi connectivity index (χ1) is 13.0. The third kappa shape index (κ3) is 4.32. The Morgan fingerprint density at radius 3 is 2.81 bits per heavy atom. The zero-order valence-corrected chi connectivity index (χ0v) is 16.2. The summed E-state index contributed by atoms with van der Waals surface area (Å²) >= 11 is 1.39. The largest absolute Gasteiger partial charge is 0.380 e. The minimum atomic E-state index is -0.353. The van der Waals surface area contributed by atoms with Crippen LogP contribution in [-0.4, -0.2) is 39.4 Å². The topological polar surface area (TPSA) is 90.5 Å². The minimum absolute atomic E-state index is 0.133. The summed E-state index contributed by atoms with van der Waals surface area (Å²) in [4.78, 5) is 28.7. The number of aromatic nitrogens is 3. The number of benzene rings is 1. The summed E-state index contributed by atoms with van der Waals surface area (Å²) in [5.74, 6) is -0.486. The second kappa shape index (κ2) is 8.28. The van der Waals surface area contributed by atoms with E-state index in [1.165, 1.54) is 22.9 Å². The standard InChI is InChI=1S/C18H21N5O3S/c1-4-26-10-9-23-14-6-5-13(20-12(2)24)11-16(14)27-18(23)21-17(25)15-7-8-19-22(15)3/h5-8,11H,4,9-10H2,1-3H3,(H,20,24). The Morgan fingerprint density at radius 1 is 1.33 bits per heavy atom. The van der Waals surface area contributed by atoms with E-state index < -0.39 is 0 Å². The number of anilines is 1. The van der Waals surface area contributed by atoms with E-state index in [2.05, 4.69) is 15.4 Å². The molecule has 0 saturated heterocycles. The molecule has 8 nitrogen and oxygen atoms in total. The fourth-order valence-corrected chi connectivity index (χ4v) is 3.78. The Balaban J connectivity index is 2.06. The van der Waals surface area contributed by atoms with Gasteiger partial charge in [0.25, 0.3) is 5.91 Å². The molecule has 0 atom stereocenters. The highest BCUT2D eigenvalue weighted by atomic mass is 32.1. The molecule has 2 amide bonds. The van der Waals surface area contributed by atoms with Gasteiger partial charge in [0.05, 0.1) is 16.8 Å². The average molecular weight is 387 g/mol. The number of nitrogens with zero attached hydrogens (tertiary/aromatic N) is 4. The number of fused-ring (bicyclic) bond motifs is 1. The predicted molar refractivity (Wildman–Crippen MR) is 104 cm³/mol. The lowest BCUT2D eigenvalue weighted by Crippen LogP contribution is -2.20. The van der Waals surface area contributed by atoms with Crippen LogP contribution in [0.5, 0.6) is 0 Å². The van der Waals surface area contributed by atoms with E-state index in [4.69, 9.17) is 4.74 Å². The van der Waals surface area contributed by atoms with Gasteiger partial charge in [-0.15, -0.1) is 0 Å². The van der Waals surface area contributed by atoms with Crippen LogP contribution in [0.1, 0.15) is 24.3 Å². The summed E-state index contributed by atoms with van der Waals surface area (Å²) in [7, 11) is 1.70. The molecule has 9 heteroatoms. The molecule has 0 aliphatic heterocycles. The van der Waals surface area contributed by atoms with Crippen LogP contribution in [0, 0.1) is 0 Å². The monoisotopic (exact) mass is 387 g/mol. The molecule has 2 heterocycles. The molecule has 0 saturated carbocycles. The number of ether oxygens (including phenoxy) is 1. The van der Waals surface area contributed by atoms with Crippen LogP contribution in [0.25, 0.3) is 10.2 Å². The Morgan fingerprint density at radius 2 is 2.15 bits per heavy atom. The molecule has 0 fully saturated rings. The fraction of sp³-hybridized carbons (Fsp3) is 0.333. The van der Waals surface area contributed by atoms with E-state index >= 15 is 0 Å². The van der Waals surface area contributed by atoms with Crippen LogP contribution in [0.2, 0.25) is 0 Å². The maximum Gasteiger partial charge on any atom is 0.297 e. The summed E-state index contributed by atoms with van der Waals surface area (Å²) in [6.45, 7) is 5.12. The molecule has 1 N–H and O–H groups in total. The SMILES string of the molecule is CCOCCn1c(=NC(=O)c2ccnn2C)sc2cc(NC(C)=O)ccc21. The second-order valence-electron chi connectivity index (χ2n) is 5.85. The van der Waals surface area contributed by atoms with Crippen molar-refractivity contribution in [3.63, 3.8) is 0 Å². The molecule has 2 aromatic heterocycles. The molecule has 0 spiro atoms. The molecule has 3 rings (SSSR count). The molecule has 27 heavy (non-hydrogen) atoms. The summed E-state index contributed by atoms with van der Waals surface area (Å²) < 4.78 is 9.85. The molecule has 0 aliphatic carbocycles. The Hall–Kier alpha value is -2.78. The third-order valence-corrected chi connectivity index (χ3v) is 4.94. The smallest absolute Gasteiger partial charge is 0.297 e. The number of hydrogen-bond acceptors (Lipinski definition) is 5. The van der Waals surface area contributed by atoms with E-state index in [-0.39, 0.29) is 11.8 Å². The number of carbonyl (C=O) groups is 2. The molecule has 3 aromatic rings. The van der Waals surface area contributed by atoms with Gasteiger partial charge in [-0.1, -0.05) is 11.3 Å². The van der Waals surface area contributed by atoms with Crippen molar-refractivity contribution in [2.75, 3.05) is 18.5 Å². The third-order valence-electron chi connectivity index (χ3n) is 3.90. The van der Waals surface area contributed by atoms with Gasteiger partial charge in [0, 0.05) is 39.0 Å². The van der Waals surface area contributed by atoms with Gasteiger partial charge in [0.1, 0.15) is 5.69 Å².